The normalized spacial score (nSPS) is 24.6. The number of hydrogen-bond donors (Lipinski definition) is 4. The highest BCUT2D eigenvalue weighted by molar-refractivity contribution is 7.15. The number of carboxylic acids is 1. The van der Waals surface area contributed by atoms with Crippen LogP contribution in [-0.4, -0.2) is 43.1 Å². The monoisotopic (exact) mass is 603 g/mol. The molecule has 4 N–H and O–H groups in total. The SMILES string of the molecule is Cc1cc(Nc2nccc(C(F)(F)F)n2)cc(-c2cnc(C3(O)CCC(NC(=O)C4CCC(C(=O)O)CC4)CC3)s2)c1. The molecule has 9 nitrogen and oxygen atoms in total. The number of carbonyl (C=O) groups is 2. The Morgan fingerprint density at radius 1 is 1.02 bits per heavy atom. The van der Waals surface area contributed by atoms with Crippen molar-refractivity contribution in [2.75, 3.05) is 5.32 Å². The smallest absolute Gasteiger partial charge is 0.433 e. The van der Waals surface area contributed by atoms with Gasteiger partial charge in [0.1, 0.15) is 16.3 Å². The summed E-state index contributed by atoms with van der Waals surface area (Å²) in [4.78, 5) is 36.7. The van der Waals surface area contributed by atoms with Crippen molar-refractivity contribution in [1.82, 2.24) is 20.3 Å². The van der Waals surface area contributed by atoms with Gasteiger partial charge in [-0.1, -0.05) is 6.07 Å². The maximum Gasteiger partial charge on any atom is 0.433 e. The third-order valence-corrected chi connectivity index (χ3v) is 9.31. The minimum absolute atomic E-state index is 0.0368. The lowest BCUT2D eigenvalue weighted by atomic mass is 9.80. The summed E-state index contributed by atoms with van der Waals surface area (Å²) < 4.78 is 39.2. The minimum Gasteiger partial charge on any atom is -0.481 e. The largest absolute Gasteiger partial charge is 0.481 e. The number of halogens is 3. The number of amides is 1. The van der Waals surface area contributed by atoms with Crippen LogP contribution in [0.15, 0.2) is 36.7 Å². The molecule has 0 atom stereocenters. The number of nitrogens with one attached hydrogen (secondary N) is 2. The molecule has 2 heterocycles. The second-order valence-corrected chi connectivity index (χ2v) is 12.2. The van der Waals surface area contributed by atoms with E-state index >= 15 is 0 Å². The first-order chi connectivity index (χ1) is 19.9. The van der Waals surface area contributed by atoms with E-state index in [1.165, 1.54) is 11.3 Å². The molecule has 5 rings (SSSR count). The Bertz CT molecular complexity index is 1450. The van der Waals surface area contributed by atoms with Gasteiger partial charge in [-0.2, -0.15) is 13.2 Å². The van der Waals surface area contributed by atoms with Gasteiger partial charge in [-0.05, 0) is 87.6 Å². The van der Waals surface area contributed by atoms with Crippen LogP contribution in [0.2, 0.25) is 0 Å². The van der Waals surface area contributed by atoms with E-state index in [0.29, 0.717) is 62.1 Å². The number of carbonyl (C=O) groups excluding carboxylic acids is 1. The first kappa shape index (κ1) is 29.9. The second kappa shape index (κ2) is 12.0. The van der Waals surface area contributed by atoms with Crippen LogP contribution in [0.1, 0.15) is 67.6 Å². The van der Waals surface area contributed by atoms with Crippen LogP contribution in [-0.2, 0) is 21.4 Å². The Balaban J connectivity index is 1.21. The van der Waals surface area contributed by atoms with Crippen LogP contribution in [0.3, 0.4) is 0 Å². The lowest BCUT2D eigenvalue weighted by Crippen LogP contribution is -2.45. The predicted octanol–water partition coefficient (Wildman–Crippen LogP) is 5.81. The molecular weight excluding hydrogens is 571 g/mol. The molecule has 0 saturated heterocycles. The van der Waals surface area contributed by atoms with Crippen LogP contribution >= 0.6 is 11.3 Å². The van der Waals surface area contributed by atoms with Gasteiger partial charge in [-0.15, -0.1) is 11.3 Å². The van der Waals surface area contributed by atoms with Gasteiger partial charge in [-0.25, -0.2) is 15.0 Å². The number of anilines is 2. The Kier molecular flexibility index (Phi) is 8.51. The number of aliphatic hydroxyl groups is 1. The molecule has 3 aromatic rings. The number of nitrogens with zero attached hydrogens (tertiary/aromatic N) is 3. The Morgan fingerprint density at radius 2 is 1.71 bits per heavy atom. The first-order valence-corrected chi connectivity index (χ1v) is 14.7. The minimum atomic E-state index is -4.58. The maximum atomic E-state index is 13.1. The van der Waals surface area contributed by atoms with Gasteiger partial charge in [-0.3, -0.25) is 9.59 Å². The molecule has 13 heteroatoms. The van der Waals surface area contributed by atoms with Crippen molar-refractivity contribution in [1.29, 1.82) is 0 Å². The molecule has 42 heavy (non-hydrogen) atoms. The summed E-state index contributed by atoms with van der Waals surface area (Å²) in [6, 6.07) is 6.23. The fourth-order valence-electron chi connectivity index (χ4n) is 5.70. The van der Waals surface area contributed by atoms with Crippen LogP contribution in [0, 0.1) is 18.8 Å². The fraction of sp³-hybridized carbons (Fsp3) is 0.483. The average Bonchev–Trinajstić information content (AvgIpc) is 3.45. The third-order valence-electron chi connectivity index (χ3n) is 8.07. The molecule has 2 aliphatic carbocycles. The van der Waals surface area contributed by atoms with Crippen LogP contribution < -0.4 is 10.6 Å². The second-order valence-electron chi connectivity index (χ2n) is 11.2. The first-order valence-electron chi connectivity index (χ1n) is 13.9. The molecule has 0 spiro atoms. The van der Waals surface area contributed by atoms with Gasteiger partial charge in [0.2, 0.25) is 11.9 Å². The molecule has 1 aromatic carbocycles. The van der Waals surface area contributed by atoms with Crippen molar-refractivity contribution in [3.8, 4) is 10.4 Å². The zero-order valence-corrected chi connectivity index (χ0v) is 23.8. The van der Waals surface area contributed by atoms with E-state index in [2.05, 4.69) is 25.6 Å². The molecule has 0 radical (unpaired) electrons. The number of hydrogen-bond acceptors (Lipinski definition) is 8. The number of rotatable bonds is 7. The molecule has 0 unspecified atom stereocenters. The number of thiazole rings is 1. The van der Waals surface area contributed by atoms with Gasteiger partial charge in [0, 0.05) is 30.0 Å². The van der Waals surface area contributed by atoms with Crippen molar-refractivity contribution in [3.05, 3.63) is 52.9 Å². The van der Waals surface area contributed by atoms with Gasteiger partial charge in [0.05, 0.1) is 10.8 Å². The molecule has 0 aliphatic heterocycles. The molecule has 2 saturated carbocycles. The fourth-order valence-corrected chi connectivity index (χ4v) is 6.75. The molecule has 224 valence electrons. The molecule has 2 fully saturated rings. The number of alkyl halides is 3. The Morgan fingerprint density at radius 3 is 2.38 bits per heavy atom. The third kappa shape index (κ3) is 6.89. The highest BCUT2D eigenvalue weighted by atomic mass is 32.1. The molecule has 2 aliphatic rings. The maximum absolute atomic E-state index is 13.1. The summed E-state index contributed by atoms with van der Waals surface area (Å²) in [5, 5.41) is 27.1. The summed E-state index contributed by atoms with van der Waals surface area (Å²) in [5.74, 6) is -1.54. The predicted molar refractivity (Wildman–Crippen MR) is 150 cm³/mol. The number of aliphatic carboxylic acids is 1. The van der Waals surface area contributed by atoms with E-state index in [1.54, 1.807) is 18.3 Å². The van der Waals surface area contributed by atoms with Gasteiger partial charge >= 0.3 is 12.1 Å². The number of aromatic nitrogens is 3. The van der Waals surface area contributed by atoms with E-state index < -0.39 is 23.4 Å². The summed E-state index contributed by atoms with van der Waals surface area (Å²) in [6.45, 7) is 1.87. The number of benzene rings is 1. The van der Waals surface area contributed by atoms with E-state index in [4.69, 9.17) is 0 Å². The van der Waals surface area contributed by atoms with E-state index in [-0.39, 0.29) is 29.7 Å². The van der Waals surface area contributed by atoms with Crippen molar-refractivity contribution in [2.24, 2.45) is 11.8 Å². The molecular formula is C29H32F3N5O4S. The van der Waals surface area contributed by atoms with Crippen molar-refractivity contribution in [2.45, 2.75) is 76.1 Å². The van der Waals surface area contributed by atoms with Crippen LogP contribution in [0.4, 0.5) is 24.8 Å². The zero-order valence-electron chi connectivity index (χ0n) is 22.9. The quantitative estimate of drug-likeness (QED) is 0.266. The average molecular weight is 604 g/mol. The number of aryl methyl sites for hydroxylation is 1. The number of carboxylic acid groups (broad SMARTS) is 1. The van der Waals surface area contributed by atoms with E-state index in [0.717, 1.165) is 28.3 Å². The Labute approximate surface area is 244 Å². The lowest BCUT2D eigenvalue weighted by molar-refractivity contribution is -0.144. The summed E-state index contributed by atoms with van der Waals surface area (Å²) >= 11 is 1.36. The molecule has 1 amide bonds. The highest BCUT2D eigenvalue weighted by Crippen LogP contribution is 2.42. The van der Waals surface area contributed by atoms with Crippen LogP contribution in [0.5, 0.6) is 0 Å². The Hall–Kier alpha value is -3.58. The van der Waals surface area contributed by atoms with Gasteiger partial charge < -0.3 is 20.8 Å². The van der Waals surface area contributed by atoms with Gasteiger partial charge in [0.25, 0.3) is 0 Å². The standard InChI is InChI=1S/C29H32F3N5O4S/c1-16-12-19(14-21(13-16)36-27-33-11-8-23(37-27)29(30,31)32)22-15-34-26(42-22)28(41)9-6-20(7-10-28)35-24(38)17-2-4-18(5-3-17)25(39)40/h8,11-15,17-18,20,41H,2-7,9-10H2,1H3,(H,35,38)(H,39,40)(H,33,36,37). The summed E-state index contributed by atoms with van der Waals surface area (Å²) in [6.07, 6.45) is 2.39. The van der Waals surface area contributed by atoms with Gasteiger partial charge in [0.15, 0.2) is 0 Å². The van der Waals surface area contributed by atoms with Crippen molar-refractivity contribution < 1.29 is 33.0 Å². The lowest BCUT2D eigenvalue weighted by Gasteiger charge is -2.35. The molecule has 0 bridgehead atoms. The molecule has 2 aromatic heterocycles. The zero-order chi connectivity index (χ0) is 30.1. The summed E-state index contributed by atoms with van der Waals surface area (Å²) in [7, 11) is 0. The van der Waals surface area contributed by atoms with Crippen molar-refractivity contribution in [3.63, 3.8) is 0 Å². The topological polar surface area (TPSA) is 137 Å². The van der Waals surface area contributed by atoms with E-state index in [1.807, 2.05) is 13.0 Å². The van der Waals surface area contributed by atoms with Crippen LogP contribution in [0.25, 0.3) is 10.4 Å². The van der Waals surface area contributed by atoms with E-state index in [9.17, 15) is 33.0 Å². The van der Waals surface area contributed by atoms with Crippen molar-refractivity contribution >= 4 is 34.8 Å². The highest BCUT2D eigenvalue weighted by Gasteiger charge is 2.39. The summed E-state index contributed by atoms with van der Waals surface area (Å²) in [5.41, 5.74) is 0.00953.